The van der Waals surface area contributed by atoms with E-state index in [0.29, 0.717) is 39.2 Å². The average Bonchev–Trinajstić information content (AvgIpc) is 3.28. The lowest BCUT2D eigenvalue weighted by atomic mass is 10.1. The van der Waals surface area contributed by atoms with Crippen LogP contribution in [0.15, 0.2) is 87.3 Å². The van der Waals surface area contributed by atoms with Gasteiger partial charge in [0.2, 0.25) is 11.7 Å². The predicted molar refractivity (Wildman–Crippen MR) is 121 cm³/mol. The summed E-state index contributed by atoms with van der Waals surface area (Å²) >= 11 is 1.30. The van der Waals surface area contributed by atoms with E-state index in [1.165, 1.54) is 28.5 Å². The Morgan fingerprint density at radius 1 is 0.969 bits per heavy atom. The summed E-state index contributed by atoms with van der Waals surface area (Å²) in [6.45, 7) is 1.99. The molecule has 32 heavy (non-hydrogen) atoms. The third-order valence-electron chi connectivity index (χ3n) is 5.01. The molecular formula is C24H17FN4O2S. The first-order chi connectivity index (χ1) is 15.6. The Morgan fingerprint density at radius 2 is 1.72 bits per heavy atom. The lowest BCUT2D eigenvalue weighted by Crippen LogP contribution is -2.21. The Bertz CT molecular complexity index is 1480. The quantitative estimate of drug-likeness (QED) is 0.275. The summed E-state index contributed by atoms with van der Waals surface area (Å²) in [4.78, 5) is 22.4. The second kappa shape index (κ2) is 8.39. The zero-order chi connectivity index (χ0) is 22.1. The van der Waals surface area contributed by atoms with Crippen LogP contribution in [0.2, 0.25) is 0 Å². The van der Waals surface area contributed by atoms with Gasteiger partial charge in [0.1, 0.15) is 5.82 Å². The van der Waals surface area contributed by atoms with Crippen molar-refractivity contribution in [2.24, 2.45) is 0 Å². The highest BCUT2D eigenvalue weighted by atomic mass is 32.2. The van der Waals surface area contributed by atoms with E-state index in [0.717, 1.165) is 11.1 Å². The Labute approximate surface area is 186 Å². The van der Waals surface area contributed by atoms with E-state index < -0.39 is 0 Å². The van der Waals surface area contributed by atoms with Gasteiger partial charge in [0.05, 0.1) is 22.3 Å². The van der Waals surface area contributed by atoms with Crippen molar-refractivity contribution < 1.29 is 8.91 Å². The molecule has 0 unspecified atom stereocenters. The molecule has 0 bridgehead atoms. The number of aromatic nitrogens is 4. The van der Waals surface area contributed by atoms with Gasteiger partial charge in [0, 0.05) is 5.56 Å². The zero-order valence-corrected chi connectivity index (χ0v) is 17.8. The van der Waals surface area contributed by atoms with Crippen molar-refractivity contribution in [1.82, 2.24) is 19.7 Å². The normalized spacial score (nSPS) is 11.2. The molecule has 0 aliphatic carbocycles. The molecule has 0 N–H and O–H groups in total. The minimum absolute atomic E-state index is 0.226. The fourth-order valence-corrected chi connectivity index (χ4v) is 4.25. The molecule has 0 aliphatic rings. The number of halogens is 1. The molecule has 5 rings (SSSR count). The lowest BCUT2D eigenvalue weighted by molar-refractivity contribution is 0.391. The van der Waals surface area contributed by atoms with Gasteiger partial charge in [-0.15, -0.1) is 0 Å². The van der Waals surface area contributed by atoms with Gasteiger partial charge in [-0.3, -0.25) is 9.36 Å². The van der Waals surface area contributed by atoms with Gasteiger partial charge in [-0.25, -0.2) is 9.37 Å². The number of para-hydroxylation sites is 1. The van der Waals surface area contributed by atoms with Gasteiger partial charge in [-0.2, -0.15) is 4.98 Å². The van der Waals surface area contributed by atoms with Crippen molar-refractivity contribution >= 4 is 22.7 Å². The minimum Gasteiger partial charge on any atom is -0.338 e. The van der Waals surface area contributed by atoms with Crippen molar-refractivity contribution in [3.8, 4) is 17.1 Å². The van der Waals surface area contributed by atoms with Gasteiger partial charge < -0.3 is 4.52 Å². The first kappa shape index (κ1) is 20.1. The monoisotopic (exact) mass is 444 g/mol. The summed E-state index contributed by atoms with van der Waals surface area (Å²) in [5, 5.41) is 5.03. The number of thioether (sulfide) groups is 1. The Balaban J connectivity index is 1.52. The molecule has 6 nitrogen and oxygen atoms in total. The van der Waals surface area contributed by atoms with E-state index in [1.54, 1.807) is 30.3 Å². The maximum Gasteiger partial charge on any atom is 0.266 e. The highest BCUT2D eigenvalue weighted by Crippen LogP contribution is 2.26. The van der Waals surface area contributed by atoms with Crippen LogP contribution in [-0.2, 0) is 5.75 Å². The van der Waals surface area contributed by atoms with Crippen LogP contribution in [0.5, 0.6) is 0 Å². The molecule has 0 saturated carbocycles. The fourth-order valence-electron chi connectivity index (χ4n) is 3.40. The first-order valence-electron chi connectivity index (χ1n) is 9.89. The summed E-state index contributed by atoms with van der Waals surface area (Å²) in [6.07, 6.45) is 0. The number of hydrogen-bond acceptors (Lipinski definition) is 6. The van der Waals surface area contributed by atoms with E-state index in [2.05, 4.69) is 15.1 Å². The third kappa shape index (κ3) is 3.80. The Hall–Kier alpha value is -3.78. The van der Waals surface area contributed by atoms with E-state index in [-0.39, 0.29) is 11.4 Å². The molecule has 0 spiro atoms. The number of benzene rings is 3. The van der Waals surface area contributed by atoms with Crippen LogP contribution in [0.25, 0.3) is 28.0 Å². The molecule has 0 radical (unpaired) electrons. The SMILES string of the molecule is Cc1ccccc1-c1noc(CSc2nc3ccccc3c(=O)n2-c2ccc(F)cc2)n1. The topological polar surface area (TPSA) is 73.8 Å². The molecule has 3 aromatic carbocycles. The third-order valence-corrected chi connectivity index (χ3v) is 5.93. The molecule has 0 saturated heterocycles. The standard InChI is InChI=1S/C24H17FN4O2S/c1-15-6-2-3-7-18(15)22-27-21(31-28-22)14-32-24-26-20-9-5-4-8-19(20)23(30)29(24)17-12-10-16(25)11-13-17/h2-13H,14H2,1H3. The Kier molecular flexibility index (Phi) is 5.28. The van der Waals surface area contributed by atoms with Crippen molar-refractivity contribution in [3.63, 3.8) is 0 Å². The first-order valence-corrected chi connectivity index (χ1v) is 10.9. The Morgan fingerprint density at radius 3 is 2.53 bits per heavy atom. The van der Waals surface area contributed by atoms with Crippen molar-refractivity contribution in [2.45, 2.75) is 17.8 Å². The lowest BCUT2D eigenvalue weighted by Gasteiger charge is -2.12. The van der Waals surface area contributed by atoms with Crippen LogP contribution in [0.4, 0.5) is 4.39 Å². The van der Waals surface area contributed by atoms with Crippen LogP contribution < -0.4 is 5.56 Å². The molecule has 2 heterocycles. The van der Waals surface area contributed by atoms with Crippen molar-refractivity contribution in [3.05, 3.63) is 100 Å². The highest BCUT2D eigenvalue weighted by molar-refractivity contribution is 7.98. The van der Waals surface area contributed by atoms with Gasteiger partial charge in [-0.1, -0.05) is 53.3 Å². The van der Waals surface area contributed by atoms with Crippen molar-refractivity contribution in [2.75, 3.05) is 0 Å². The molecule has 158 valence electrons. The van der Waals surface area contributed by atoms with E-state index >= 15 is 0 Å². The van der Waals surface area contributed by atoms with E-state index in [1.807, 2.05) is 37.3 Å². The molecule has 5 aromatic rings. The second-order valence-corrected chi connectivity index (χ2v) is 8.09. The maximum absolute atomic E-state index is 13.5. The average molecular weight is 444 g/mol. The van der Waals surface area contributed by atoms with E-state index in [9.17, 15) is 9.18 Å². The second-order valence-electron chi connectivity index (χ2n) is 7.14. The summed E-state index contributed by atoms with van der Waals surface area (Å²) in [5.41, 5.74) is 2.84. The highest BCUT2D eigenvalue weighted by Gasteiger charge is 2.16. The summed E-state index contributed by atoms with van der Waals surface area (Å²) in [7, 11) is 0. The van der Waals surface area contributed by atoms with Crippen LogP contribution >= 0.6 is 11.8 Å². The summed E-state index contributed by atoms with van der Waals surface area (Å²) in [5.74, 6) is 0.881. The molecule has 0 fully saturated rings. The summed E-state index contributed by atoms with van der Waals surface area (Å²) < 4.78 is 20.4. The molecular weight excluding hydrogens is 427 g/mol. The summed E-state index contributed by atoms with van der Waals surface area (Å²) in [6, 6.07) is 20.7. The largest absolute Gasteiger partial charge is 0.338 e. The van der Waals surface area contributed by atoms with Gasteiger partial charge in [-0.05, 0) is 48.9 Å². The number of hydrogen-bond donors (Lipinski definition) is 0. The minimum atomic E-state index is -0.376. The van der Waals surface area contributed by atoms with E-state index in [4.69, 9.17) is 4.52 Å². The molecule has 2 aromatic heterocycles. The number of fused-ring (bicyclic) bond motifs is 1. The van der Waals surface area contributed by atoms with Gasteiger partial charge >= 0.3 is 0 Å². The van der Waals surface area contributed by atoms with Crippen LogP contribution in [0, 0.1) is 12.7 Å². The maximum atomic E-state index is 13.5. The van der Waals surface area contributed by atoms with Crippen LogP contribution in [0.1, 0.15) is 11.5 Å². The molecule has 0 atom stereocenters. The van der Waals surface area contributed by atoms with Gasteiger partial charge in [0.25, 0.3) is 5.56 Å². The molecule has 0 aliphatic heterocycles. The number of aryl methyl sites for hydroxylation is 1. The van der Waals surface area contributed by atoms with Gasteiger partial charge in [0.15, 0.2) is 5.16 Å². The number of nitrogens with zero attached hydrogens (tertiary/aromatic N) is 4. The van der Waals surface area contributed by atoms with Crippen molar-refractivity contribution in [1.29, 1.82) is 0 Å². The molecule has 0 amide bonds. The predicted octanol–water partition coefficient (Wildman–Crippen LogP) is 5.18. The molecule has 8 heteroatoms. The zero-order valence-electron chi connectivity index (χ0n) is 17.0. The van der Waals surface area contributed by atoms with Crippen LogP contribution in [0.3, 0.4) is 0 Å². The smallest absolute Gasteiger partial charge is 0.266 e. The number of rotatable bonds is 5. The van der Waals surface area contributed by atoms with Crippen LogP contribution in [-0.4, -0.2) is 19.7 Å². The fraction of sp³-hybridized carbons (Fsp3) is 0.0833.